The molecule has 1 aliphatic rings. The highest BCUT2D eigenvalue weighted by Crippen LogP contribution is 2.19. The number of nitrogens with zero attached hydrogens (tertiary/aromatic N) is 2. The van der Waals surface area contributed by atoms with Crippen molar-refractivity contribution < 1.29 is 22.8 Å². The van der Waals surface area contributed by atoms with Crippen molar-refractivity contribution >= 4 is 11.9 Å². The summed E-state index contributed by atoms with van der Waals surface area (Å²) in [6.07, 6.45) is -4.55. The van der Waals surface area contributed by atoms with Gasteiger partial charge in [0.2, 0.25) is 0 Å². The molecule has 1 aromatic rings. The molecule has 1 fully saturated rings. The lowest BCUT2D eigenvalue weighted by atomic mass is 10.1. The first-order chi connectivity index (χ1) is 11.3. The molecule has 1 N–H and O–H groups in total. The summed E-state index contributed by atoms with van der Waals surface area (Å²) in [6.45, 7) is 2.59. The molecule has 0 unspecified atom stereocenters. The molecule has 0 aromatic heterocycles. The maximum Gasteiger partial charge on any atom is 0.471 e. The second-order valence-corrected chi connectivity index (χ2v) is 5.78. The predicted molar refractivity (Wildman–Crippen MR) is 82.2 cm³/mol. The van der Waals surface area contributed by atoms with Gasteiger partial charge in [-0.05, 0) is 18.9 Å². The molecule has 1 aromatic carbocycles. The summed E-state index contributed by atoms with van der Waals surface area (Å²) in [5.74, 6) is -1.84. The van der Waals surface area contributed by atoms with Crippen LogP contribution in [0.1, 0.15) is 17.5 Å². The van der Waals surface area contributed by atoms with E-state index < -0.39 is 12.1 Å². The van der Waals surface area contributed by atoms with E-state index in [1.54, 1.807) is 0 Å². The van der Waals surface area contributed by atoms with Gasteiger partial charge in [0, 0.05) is 32.7 Å². The number of carbonyl (C=O) groups excluding carboxylic acids is 2. The molecule has 0 atom stereocenters. The van der Waals surface area contributed by atoms with Gasteiger partial charge in [-0.25, -0.2) is 4.79 Å². The number of alkyl halides is 3. The molecule has 132 valence electrons. The van der Waals surface area contributed by atoms with E-state index in [9.17, 15) is 22.8 Å². The zero-order valence-corrected chi connectivity index (χ0v) is 13.4. The lowest BCUT2D eigenvalue weighted by Gasteiger charge is -2.23. The van der Waals surface area contributed by atoms with Crippen molar-refractivity contribution in [2.75, 3.05) is 26.2 Å². The van der Waals surface area contributed by atoms with Gasteiger partial charge in [0.25, 0.3) is 0 Å². The van der Waals surface area contributed by atoms with Gasteiger partial charge in [-0.3, -0.25) is 4.79 Å². The van der Waals surface area contributed by atoms with Gasteiger partial charge in [-0.1, -0.05) is 29.8 Å². The van der Waals surface area contributed by atoms with Crippen molar-refractivity contribution in [2.24, 2.45) is 0 Å². The quantitative estimate of drug-likeness (QED) is 0.896. The van der Waals surface area contributed by atoms with Crippen LogP contribution in [0.3, 0.4) is 0 Å². The van der Waals surface area contributed by atoms with Crippen LogP contribution in [-0.2, 0) is 11.3 Å². The van der Waals surface area contributed by atoms with Gasteiger partial charge in [-0.2, -0.15) is 13.2 Å². The molecule has 2 rings (SSSR count). The number of aryl methyl sites for hydroxylation is 1. The van der Waals surface area contributed by atoms with E-state index in [2.05, 4.69) is 5.32 Å². The van der Waals surface area contributed by atoms with Crippen LogP contribution < -0.4 is 5.32 Å². The first kappa shape index (κ1) is 18.1. The maximum absolute atomic E-state index is 12.5. The number of carbonyl (C=O) groups is 2. The average molecular weight is 343 g/mol. The molecule has 0 aliphatic carbocycles. The highest BCUT2D eigenvalue weighted by atomic mass is 19.4. The number of rotatable bonds is 2. The van der Waals surface area contributed by atoms with Gasteiger partial charge in [-0.15, -0.1) is 0 Å². The smallest absolute Gasteiger partial charge is 0.334 e. The van der Waals surface area contributed by atoms with Crippen LogP contribution in [0.25, 0.3) is 0 Å². The van der Waals surface area contributed by atoms with Crippen LogP contribution in [0.15, 0.2) is 24.3 Å². The van der Waals surface area contributed by atoms with Crippen molar-refractivity contribution in [1.29, 1.82) is 0 Å². The number of urea groups is 1. The normalized spacial score (nSPS) is 15.8. The van der Waals surface area contributed by atoms with E-state index >= 15 is 0 Å². The molecule has 0 bridgehead atoms. The Morgan fingerprint density at radius 3 is 2.46 bits per heavy atom. The largest absolute Gasteiger partial charge is 0.471 e. The Morgan fingerprint density at radius 2 is 1.79 bits per heavy atom. The highest BCUT2D eigenvalue weighted by Gasteiger charge is 2.42. The Kier molecular flexibility index (Phi) is 5.69. The number of hydrogen-bond donors (Lipinski definition) is 1. The summed E-state index contributed by atoms with van der Waals surface area (Å²) in [6, 6.07) is 7.35. The molecular formula is C16H20F3N3O2. The summed E-state index contributed by atoms with van der Waals surface area (Å²) in [7, 11) is 0. The van der Waals surface area contributed by atoms with Crippen molar-refractivity contribution in [2.45, 2.75) is 26.1 Å². The second-order valence-electron chi connectivity index (χ2n) is 5.78. The summed E-state index contributed by atoms with van der Waals surface area (Å²) in [4.78, 5) is 25.6. The first-order valence-electron chi connectivity index (χ1n) is 7.72. The molecular weight excluding hydrogens is 323 g/mol. The van der Waals surface area contributed by atoms with Crippen LogP contribution in [-0.4, -0.2) is 54.1 Å². The molecule has 1 aliphatic heterocycles. The van der Waals surface area contributed by atoms with Gasteiger partial charge in [0.05, 0.1) is 0 Å². The standard InChI is InChI=1S/C16H20F3N3O2/c1-12-4-2-5-13(10-12)11-20-15(24)22-7-3-6-21(8-9-22)14(23)16(17,18)19/h2,4-5,10H,3,6-9,11H2,1H3,(H,20,24). The topological polar surface area (TPSA) is 52.7 Å². The van der Waals surface area contributed by atoms with E-state index in [1.165, 1.54) is 4.90 Å². The molecule has 5 nitrogen and oxygen atoms in total. The lowest BCUT2D eigenvalue weighted by molar-refractivity contribution is -0.185. The third-order valence-corrected chi connectivity index (χ3v) is 3.84. The lowest BCUT2D eigenvalue weighted by Crippen LogP contribution is -2.45. The fraction of sp³-hybridized carbons (Fsp3) is 0.500. The molecule has 0 saturated carbocycles. The molecule has 3 amide bonds. The Morgan fingerprint density at radius 1 is 1.12 bits per heavy atom. The Labute approximate surface area is 138 Å². The van der Waals surface area contributed by atoms with Gasteiger partial charge in [0.1, 0.15) is 0 Å². The van der Waals surface area contributed by atoms with E-state index in [-0.39, 0.29) is 25.7 Å². The highest BCUT2D eigenvalue weighted by molar-refractivity contribution is 5.82. The van der Waals surface area contributed by atoms with Crippen LogP contribution in [0, 0.1) is 6.92 Å². The molecule has 1 saturated heterocycles. The Hall–Kier alpha value is -2.25. The Balaban J connectivity index is 1.86. The van der Waals surface area contributed by atoms with Gasteiger partial charge in [0.15, 0.2) is 0 Å². The second kappa shape index (κ2) is 7.55. The summed E-state index contributed by atoms with van der Waals surface area (Å²) < 4.78 is 37.4. The molecule has 8 heteroatoms. The van der Waals surface area contributed by atoms with E-state index in [1.807, 2.05) is 31.2 Å². The molecule has 24 heavy (non-hydrogen) atoms. The maximum atomic E-state index is 12.5. The first-order valence-corrected chi connectivity index (χ1v) is 7.72. The number of amides is 3. The SMILES string of the molecule is Cc1cccc(CNC(=O)N2CCCN(C(=O)C(F)(F)F)CC2)c1. The zero-order chi connectivity index (χ0) is 17.7. The van der Waals surface area contributed by atoms with Crippen molar-refractivity contribution in [1.82, 2.24) is 15.1 Å². The molecule has 0 spiro atoms. The Bertz CT molecular complexity index is 604. The zero-order valence-electron chi connectivity index (χ0n) is 13.4. The number of hydrogen-bond acceptors (Lipinski definition) is 2. The molecule has 0 radical (unpaired) electrons. The van der Waals surface area contributed by atoms with Crippen LogP contribution >= 0.6 is 0 Å². The predicted octanol–water partition coefficient (Wildman–Crippen LogP) is 2.30. The minimum atomic E-state index is -4.87. The summed E-state index contributed by atoms with van der Waals surface area (Å²) >= 11 is 0. The fourth-order valence-electron chi connectivity index (χ4n) is 2.61. The number of benzene rings is 1. The minimum Gasteiger partial charge on any atom is -0.334 e. The number of halogens is 3. The van der Waals surface area contributed by atoms with Gasteiger partial charge >= 0.3 is 18.1 Å². The summed E-state index contributed by atoms with van der Waals surface area (Å²) in [5.41, 5.74) is 2.03. The molecule has 1 heterocycles. The fourth-order valence-corrected chi connectivity index (χ4v) is 2.61. The minimum absolute atomic E-state index is 0.00000328. The van der Waals surface area contributed by atoms with Crippen molar-refractivity contribution in [3.05, 3.63) is 35.4 Å². The summed E-state index contributed by atoms with van der Waals surface area (Å²) in [5, 5.41) is 2.76. The van der Waals surface area contributed by atoms with Crippen molar-refractivity contribution in [3.8, 4) is 0 Å². The monoisotopic (exact) mass is 343 g/mol. The van der Waals surface area contributed by atoms with E-state index in [0.717, 1.165) is 16.0 Å². The van der Waals surface area contributed by atoms with E-state index in [0.29, 0.717) is 19.5 Å². The number of nitrogens with one attached hydrogen (secondary N) is 1. The van der Waals surface area contributed by atoms with Gasteiger partial charge < -0.3 is 15.1 Å². The van der Waals surface area contributed by atoms with E-state index in [4.69, 9.17) is 0 Å². The average Bonchev–Trinajstić information content (AvgIpc) is 2.77. The van der Waals surface area contributed by atoms with Crippen molar-refractivity contribution in [3.63, 3.8) is 0 Å². The van der Waals surface area contributed by atoms with Crippen LogP contribution in [0.4, 0.5) is 18.0 Å². The van der Waals surface area contributed by atoms with Crippen LogP contribution in [0.5, 0.6) is 0 Å². The van der Waals surface area contributed by atoms with Crippen LogP contribution in [0.2, 0.25) is 0 Å². The third kappa shape index (κ3) is 4.87. The third-order valence-electron chi connectivity index (χ3n) is 3.84.